The molecule has 0 aromatic carbocycles. The Kier molecular flexibility index (Phi) is 7.38. The van der Waals surface area contributed by atoms with E-state index in [0.29, 0.717) is 0 Å². The fourth-order valence-electron chi connectivity index (χ4n) is 1.38. The molecule has 0 atom stereocenters. The zero-order valence-corrected chi connectivity index (χ0v) is 9.27. The van der Waals surface area contributed by atoms with E-state index in [1.807, 2.05) is 6.08 Å². The molecule has 0 saturated carbocycles. The maximum atomic E-state index is 3.86. The molecule has 0 rings (SSSR count). The van der Waals surface area contributed by atoms with Crippen molar-refractivity contribution in [3.05, 3.63) is 36.0 Å². The molecule has 0 fully saturated rings. The molecule has 0 radical (unpaired) electrons. The Labute approximate surface area is 83.0 Å². The second-order valence-corrected chi connectivity index (χ2v) is 3.17. The van der Waals surface area contributed by atoms with Crippen LogP contribution in [-0.2, 0) is 0 Å². The summed E-state index contributed by atoms with van der Waals surface area (Å²) in [6.07, 6.45) is 11.0. The Hall–Kier alpha value is -0.780. The molecule has 0 spiro atoms. The molecule has 74 valence electrons. The lowest BCUT2D eigenvalue weighted by Gasteiger charge is -2.05. The van der Waals surface area contributed by atoms with Crippen molar-refractivity contribution in [2.75, 3.05) is 0 Å². The van der Waals surface area contributed by atoms with Gasteiger partial charge in [-0.25, -0.2) is 0 Å². The minimum absolute atomic E-state index is 1.11. The van der Waals surface area contributed by atoms with Gasteiger partial charge in [-0.2, -0.15) is 0 Å². The van der Waals surface area contributed by atoms with Gasteiger partial charge in [0, 0.05) is 0 Å². The van der Waals surface area contributed by atoms with E-state index in [0.717, 1.165) is 19.3 Å². The smallest absolute Gasteiger partial charge is 0.0279 e. The van der Waals surface area contributed by atoms with Gasteiger partial charge in [0.15, 0.2) is 0 Å². The maximum Gasteiger partial charge on any atom is -0.0279 e. The van der Waals surface area contributed by atoms with Crippen LogP contribution in [0.25, 0.3) is 0 Å². The first-order chi connectivity index (χ1) is 6.29. The van der Waals surface area contributed by atoms with E-state index < -0.39 is 0 Å². The highest BCUT2D eigenvalue weighted by molar-refractivity contribution is 5.31. The van der Waals surface area contributed by atoms with E-state index in [2.05, 4.69) is 39.5 Å². The quantitative estimate of drug-likeness (QED) is 0.519. The first-order valence-electron chi connectivity index (χ1n) is 5.31. The maximum absolute atomic E-state index is 3.86. The van der Waals surface area contributed by atoms with Crippen molar-refractivity contribution in [3.63, 3.8) is 0 Å². The summed E-state index contributed by atoms with van der Waals surface area (Å²) in [6.45, 7) is 10.4. The highest BCUT2D eigenvalue weighted by atomic mass is 14.0. The predicted octanol–water partition coefficient (Wildman–Crippen LogP) is 4.65. The van der Waals surface area contributed by atoms with Crippen LogP contribution >= 0.6 is 0 Å². The van der Waals surface area contributed by atoms with Gasteiger partial charge in [-0.15, -0.1) is 0 Å². The third-order valence-electron chi connectivity index (χ3n) is 2.11. The molecule has 0 N–H and O–H groups in total. The zero-order valence-electron chi connectivity index (χ0n) is 9.27. The molecule has 0 nitrogen and oxygen atoms in total. The van der Waals surface area contributed by atoms with Crippen molar-refractivity contribution in [1.29, 1.82) is 0 Å². The summed E-state index contributed by atoms with van der Waals surface area (Å²) in [7, 11) is 0. The number of hydrogen-bond acceptors (Lipinski definition) is 0. The second-order valence-electron chi connectivity index (χ2n) is 3.17. The Bertz CT molecular complexity index is 194. The second kappa shape index (κ2) is 7.85. The van der Waals surface area contributed by atoms with Gasteiger partial charge < -0.3 is 0 Å². The Morgan fingerprint density at radius 3 is 2.23 bits per heavy atom. The highest BCUT2D eigenvalue weighted by Gasteiger charge is 1.96. The minimum atomic E-state index is 1.11. The summed E-state index contributed by atoms with van der Waals surface area (Å²) in [5, 5.41) is 0. The molecule has 0 aromatic rings. The molecule has 0 aliphatic heterocycles. The first kappa shape index (κ1) is 12.2. The van der Waals surface area contributed by atoms with Crippen LogP contribution in [0.15, 0.2) is 36.0 Å². The first-order valence-corrected chi connectivity index (χ1v) is 5.31. The number of allylic oxidation sites excluding steroid dienone is 5. The molecule has 0 saturated heterocycles. The van der Waals surface area contributed by atoms with Gasteiger partial charge >= 0.3 is 0 Å². The Balaban J connectivity index is 4.60. The van der Waals surface area contributed by atoms with Gasteiger partial charge in [-0.1, -0.05) is 52.0 Å². The van der Waals surface area contributed by atoms with Crippen LogP contribution in [0.5, 0.6) is 0 Å². The average Bonchev–Trinajstić information content (AvgIpc) is 2.17. The summed E-state index contributed by atoms with van der Waals surface area (Å²) >= 11 is 0. The Morgan fingerprint density at radius 1 is 1.15 bits per heavy atom. The summed E-state index contributed by atoms with van der Waals surface area (Å²) in [5.41, 5.74) is 2.86. The van der Waals surface area contributed by atoms with Crippen molar-refractivity contribution >= 4 is 0 Å². The van der Waals surface area contributed by atoms with Crippen molar-refractivity contribution in [2.24, 2.45) is 0 Å². The van der Waals surface area contributed by atoms with Crippen LogP contribution in [0.4, 0.5) is 0 Å². The largest absolute Gasteiger partial charge is 0.0988 e. The molecule has 0 heterocycles. The van der Waals surface area contributed by atoms with Crippen LogP contribution in [0.2, 0.25) is 0 Å². The lowest BCUT2D eigenvalue weighted by molar-refractivity contribution is 0.906. The van der Waals surface area contributed by atoms with Gasteiger partial charge in [0.05, 0.1) is 0 Å². The molecule has 0 aliphatic rings. The van der Waals surface area contributed by atoms with E-state index in [-0.39, 0.29) is 0 Å². The number of hydrogen-bond donors (Lipinski definition) is 0. The lowest BCUT2D eigenvalue weighted by Crippen LogP contribution is -1.85. The molecular weight excluding hydrogens is 156 g/mol. The third-order valence-corrected chi connectivity index (χ3v) is 2.11. The summed E-state index contributed by atoms with van der Waals surface area (Å²) < 4.78 is 0. The molecular formula is C13H22. The summed E-state index contributed by atoms with van der Waals surface area (Å²) in [5.74, 6) is 0. The highest BCUT2D eigenvalue weighted by Crippen LogP contribution is 2.16. The van der Waals surface area contributed by atoms with Crippen LogP contribution in [0.3, 0.4) is 0 Å². The van der Waals surface area contributed by atoms with Gasteiger partial charge in [0.25, 0.3) is 0 Å². The molecule has 13 heavy (non-hydrogen) atoms. The van der Waals surface area contributed by atoms with Gasteiger partial charge in [-0.3, -0.25) is 0 Å². The van der Waals surface area contributed by atoms with Gasteiger partial charge in [0.1, 0.15) is 0 Å². The van der Waals surface area contributed by atoms with Crippen molar-refractivity contribution < 1.29 is 0 Å². The predicted molar refractivity (Wildman–Crippen MR) is 61.9 cm³/mol. The summed E-state index contributed by atoms with van der Waals surface area (Å²) in [4.78, 5) is 0. The third kappa shape index (κ3) is 4.72. The van der Waals surface area contributed by atoms with Gasteiger partial charge in [-0.05, 0) is 30.4 Å². The normalized spacial score (nSPS) is 13.2. The zero-order chi connectivity index (χ0) is 10.1. The van der Waals surface area contributed by atoms with E-state index >= 15 is 0 Å². The molecule has 0 aromatic heterocycles. The molecule has 0 amide bonds. The molecule has 0 bridgehead atoms. The van der Waals surface area contributed by atoms with E-state index in [9.17, 15) is 0 Å². The monoisotopic (exact) mass is 178 g/mol. The fraction of sp³-hybridized carbons (Fsp3) is 0.538. The van der Waals surface area contributed by atoms with Crippen molar-refractivity contribution in [3.8, 4) is 0 Å². The Morgan fingerprint density at radius 2 is 1.85 bits per heavy atom. The van der Waals surface area contributed by atoms with Crippen LogP contribution in [0.1, 0.15) is 46.5 Å². The molecule has 0 heteroatoms. The van der Waals surface area contributed by atoms with E-state index in [4.69, 9.17) is 0 Å². The standard InChI is InChI=1S/C13H22/c1-5-9-11-13(8-4)12(7-3)10-6-2/h7,9,11H,3,5-6,8,10H2,1-2,4H3/b11-9-,13-12+. The SMILES string of the molecule is C=C/C(CCC)=C(\C=C/CC)CC. The van der Waals surface area contributed by atoms with Crippen molar-refractivity contribution in [1.82, 2.24) is 0 Å². The lowest BCUT2D eigenvalue weighted by atomic mass is 10.0. The van der Waals surface area contributed by atoms with Crippen LogP contribution < -0.4 is 0 Å². The fourth-order valence-corrected chi connectivity index (χ4v) is 1.38. The average molecular weight is 178 g/mol. The minimum Gasteiger partial charge on any atom is -0.0988 e. The van der Waals surface area contributed by atoms with Crippen LogP contribution in [-0.4, -0.2) is 0 Å². The van der Waals surface area contributed by atoms with Gasteiger partial charge in [0.2, 0.25) is 0 Å². The molecule has 0 aliphatic carbocycles. The molecule has 0 unspecified atom stereocenters. The number of rotatable bonds is 6. The van der Waals surface area contributed by atoms with Crippen LogP contribution in [0, 0.1) is 0 Å². The van der Waals surface area contributed by atoms with E-state index in [1.165, 1.54) is 17.6 Å². The van der Waals surface area contributed by atoms with E-state index in [1.54, 1.807) is 0 Å². The topological polar surface area (TPSA) is 0 Å². The summed E-state index contributed by atoms with van der Waals surface area (Å²) in [6, 6.07) is 0. The van der Waals surface area contributed by atoms with Crippen molar-refractivity contribution in [2.45, 2.75) is 46.5 Å².